The first kappa shape index (κ1) is 22.6. The number of aromatic nitrogens is 5. The standard InChI is InChI=1S/C22H25N7O4S/c30-7-13-4-16(5-14(8-31)17(13)10-33)28-6-18(23-11-28)25-22-26-20(19-21(27-22)34-12-24-19)29-3-1-2-15(29)9-32/h4-6,11-12,15,30-33H,1-3,7-10H2,(H,25,26,27)/t15-/m0/s1. The average Bonchev–Trinajstić information content (AvgIpc) is 3.63. The minimum absolute atomic E-state index is 0.00944. The van der Waals surface area contributed by atoms with Gasteiger partial charge in [-0.3, -0.25) is 0 Å². The van der Waals surface area contributed by atoms with E-state index in [2.05, 4.69) is 25.2 Å². The van der Waals surface area contributed by atoms with E-state index in [1.807, 2.05) is 0 Å². The quantitative estimate of drug-likeness (QED) is 0.249. The van der Waals surface area contributed by atoms with Gasteiger partial charge in [0.1, 0.15) is 11.8 Å². The number of anilines is 3. The van der Waals surface area contributed by atoms with E-state index < -0.39 is 0 Å². The second-order valence-corrected chi connectivity index (χ2v) is 8.89. The van der Waals surface area contributed by atoms with Crippen LogP contribution in [0.3, 0.4) is 0 Å². The van der Waals surface area contributed by atoms with Gasteiger partial charge in [0, 0.05) is 12.2 Å². The molecule has 1 saturated heterocycles. The molecule has 5 rings (SSSR count). The van der Waals surface area contributed by atoms with Crippen LogP contribution in [0.1, 0.15) is 29.5 Å². The fourth-order valence-electron chi connectivity index (χ4n) is 4.36. The lowest BCUT2D eigenvalue weighted by Gasteiger charge is -2.24. The Hall–Kier alpha value is -3.16. The summed E-state index contributed by atoms with van der Waals surface area (Å²) in [6, 6.07) is 3.50. The van der Waals surface area contributed by atoms with Crippen molar-refractivity contribution in [3.8, 4) is 5.69 Å². The van der Waals surface area contributed by atoms with Gasteiger partial charge in [-0.15, -0.1) is 11.3 Å². The fourth-order valence-corrected chi connectivity index (χ4v) is 5.02. The molecule has 4 heterocycles. The Kier molecular flexibility index (Phi) is 6.39. The molecule has 5 N–H and O–H groups in total. The largest absolute Gasteiger partial charge is 0.394 e. The summed E-state index contributed by atoms with van der Waals surface area (Å²) in [5, 5.41) is 41.9. The van der Waals surface area contributed by atoms with Crippen LogP contribution in [-0.2, 0) is 19.8 Å². The summed E-state index contributed by atoms with van der Waals surface area (Å²) >= 11 is 1.42. The van der Waals surface area contributed by atoms with Crippen molar-refractivity contribution in [2.24, 2.45) is 0 Å². The van der Waals surface area contributed by atoms with Crippen LogP contribution in [0.25, 0.3) is 16.0 Å². The van der Waals surface area contributed by atoms with E-state index in [0.29, 0.717) is 40.0 Å². The van der Waals surface area contributed by atoms with E-state index in [9.17, 15) is 20.4 Å². The maximum Gasteiger partial charge on any atom is 0.231 e. The van der Waals surface area contributed by atoms with E-state index >= 15 is 0 Å². The molecule has 4 aromatic rings. The Labute approximate surface area is 199 Å². The Balaban J connectivity index is 1.46. The first-order chi connectivity index (χ1) is 16.6. The molecule has 178 valence electrons. The number of rotatable bonds is 8. The number of nitrogens with zero attached hydrogens (tertiary/aromatic N) is 6. The van der Waals surface area contributed by atoms with Crippen LogP contribution in [0, 0.1) is 0 Å². The van der Waals surface area contributed by atoms with Crippen molar-refractivity contribution < 1.29 is 20.4 Å². The number of benzene rings is 1. The van der Waals surface area contributed by atoms with Gasteiger partial charge in [0.05, 0.1) is 44.2 Å². The van der Waals surface area contributed by atoms with Crippen molar-refractivity contribution in [2.45, 2.75) is 38.7 Å². The highest BCUT2D eigenvalue weighted by Gasteiger charge is 2.28. The van der Waals surface area contributed by atoms with Gasteiger partial charge >= 0.3 is 0 Å². The summed E-state index contributed by atoms with van der Waals surface area (Å²) in [5.41, 5.74) is 4.75. The van der Waals surface area contributed by atoms with Gasteiger partial charge in [-0.05, 0) is 41.7 Å². The smallest absolute Gasteiger partial charge is 0.231 e. The molecular weight excluding hydrogens is 458 g/mol. The third-order valence-corrected chi connectivity index (χ3v) is 6.80. The van der Waals surface area contributed by atoms with Gasteiger partial charge in [-0.25, -0.2) is 9.97 Å². The number of aliphatic hydroxyl groups excluding tert-OH is 4. The van der Waals surface area contributed by atoms with Gasteiger partial charge in [0.2, 0.25) is 5.95 Å². The lowest BCUT2D eigenvalue weighted by atomic mass is 10.0. The van der Waals surface area contributed by atoms with Crippen LogP contribution in [-0.4, -0.2) is 64.1 Å². The predicted molar refractivity (Wildman–Crippen MR) is 127 cm³/mol. The zero-order chi connectivity index (χ0) is 23.7. The summed E-state index contributed by atoms with van der Waals surface area (Å²) in [4.78, 5) is 20.9. The van der Waals surface area contributed by atoms with Crippen LogP contribution in [0.2, 0.25) is 0 Å². The van der Waals surface area contributed by atoms with Gasteiger partial charge in [0.15, 0.2) is 16.5 Å². The SMILES string of the molecule is OCc1cc(-n2cnc(Nc3nc(N4CCC[C@H]4CO)c4ncsc4n3)c2)cc(CO)c1CO. The average molecular weight is 484 g/mol. The predicted octanol–water partition coefficient (Wildman–Crippen LogP) is 1.45. The molecule has 1 fully saturated rings. The monoisotopic (exact) mass is 483 g/mol. The molecule has 0 radical (unpaired) electrons. The van der Waals surface area contributed by atoms with Crippen LogP contribution in [0.15, 0.2) is 30.2 Å². The molecule has 0 bridgehead atoms. The van der Waals surface area contributed by atoms with Crippen molar-refractivity contribution in [1.29, 1.82) is 0 Å². The molecule has 0 unspecified atom stereocenters. The van der Waals surface area contributed by atoms with Gasteiger partial charge in [0.25, 0.3) is 0 Å². The zero-order valence-electron chi connectivity index (χ0n) is 18.3. The molecule has 0 amide bonds. The first-order valence-corrected chi connectivity index (χ1v) is 11.8. The number of nitrogens with one attached hydrogen (secondary N) is 1. The topological polar surface area (TPSA) is 153 Å². The normalized spacial score (nSPS) is 16.0. The highest BCUT2D eigenvalue weighted by atomic mass is 32.1. The lowest BCUT2D eigenvalue weighted by molar-refractivity contribution is 0.247. The van der Waals surface area contributed by atoms with Gasteiger partial charge in [-0.2, -0.15) is 9.97 Å². The third-order valence-electron chi connectivity index (χ3n) is 6.08. The number of imidazole rings is 1. The highest BCUT2D eigenvalue weighted by Crippen LogP contribution is 2.32. The first-order valence-electron chi connectivity index (χ1n) is 10.9. The van der Waals surface area contributed by atoms with Crippen LogP contribution >= 0.6 is 11.3 Å². The molecule has 34 heavy (non-hydrogen) atoms. The van der Waals surface area contributed by atoms with Crippen LogP contribution < -0.4 is 10.2 Å². The van der Waals surface area contributed by atoms with Crippen molar-refractivity contribution in [2.75, 3.05) is 23.4 Å². The minimum Gasteiger partial charge on any atom is -0.394 e. The number of hydrogen-bond donors (Lipinski definition) is 5. The Morgan fingerprint density at radius 1 is 1.03 bits per heavy atom. The molecule has 1 atom stereocenters. The van der Waals surface area contributed by atoms with Crippen molar-refractivity contribution in [3.05, 3.63) is 46.9 Å². The number of thiazole rings is 1. The van der Waals surface area contributed by atoms with E-state index in [1.165, 1.54) is 11.3 Å². The maximum atomic E-state index is 9.77. The maximum absolute atomic E-state index is 9.77. The van der Waals surface area contributed by atoms with Crippen molar-refractivity contribution in [3.63, 3.8) is 0 Å². The molecule has 1 aromatic carbocycles. The molecule has 1 aliphatic heterocycles. The lowest BCUT2D eigenvalue weighted by Crippen LogP contribution is -2.33. The summed E-state index contributed by atoms with van der Waals surface area (Å²) in [7, 11) is 0. The Morgan fingerprint density at radius 2 is 1.82 bits per heavy atom. The number of hydrogen-bond acceptors (Lipinski definition) is 11. The van der Waals surface area contributed by atoms with E-state index in [1.54, 1.807) is 34.7 Å². The Morgan fingerprint density at radius 3 is 2.53 bits per heavy atom. The van der Waals surface area contributed by atoms with Gasteiger partial charge < -0.3 is 35.2 Å². The number of fused-ring (bicyclic) bond motifs is 1. The fraction of sp³-hybridized carbons (Fsp3) is 0.364. The second-order valence-electron chi connectivity index (χ2n) is 8.06. The highest BCUT2D eigenvalue weighted by molar-refractivity contribution is 7.16. The molecule has 3 aromatic heterocycles. The van der Waals surface area contributed by atoms with Crippen LogP contribution in [0.5, 0.6) is 0 Å². The summed E-state index contributed by atoms with van der Waals surface area (Å²) < 4.78 is 1.75. The zero-order valence-corrected chi connectivity index (χ0v) is 19.1. The molecule has 0 saturated carbocycles. The summed E-state index contributed by atoms with van der Waals surface area (Å²) in [5.74, 6) is 1.59. The summed E-state index contributed by atoms with van der Waals surface area (Å²) in [6.45, 7) is 0.0774. The molecule has 1 aliphatic rings. The molecule has 12 heteroatoms. The second kappa shape index (κ2) is 9.60. The van der Waals surface area contributed by atoms with E-state index in [4.69, 9.17) is 4.98 Å². The van der Waals surface area contributed by atoms with Gasteiger partial charge in [-0.1, -0.05) is 0 Å². The molecular formula is C22H25N7O4S. The number of aliphatic hydroxyl groups is 4. The van der Waals surface area contributed by atoms with Crippen molar-refractivity contribution >= 4 is 39.3 Å². The van der Waals surface area contributed by atoms with E-state index in [-0.39, 0.29) is 32.5 Å². The molecule has 0 spiro atoms. The molecule has 11 nitrogen and oxygen atoms in total. The van der Waals surface area contributed by atoms with Crippen LogP contribution in [0.4, 0.5) is 17.6 Å². The Bertz CT molecular complexity index is 1280. The summed E-state index contributed by atoms with van der Waals surface area (Å²) in [6.07, 6.45) is 5.24. The third kappa shape index (κ3) is 4.10. The van der Waals surface area contributed by atoms with Crippen molar-refractivity contribution in [1.82, 2.24) is 24.5 Å². The minimum atomic E-state index is -0.267. The molecule has 0 aliphatic carbocycles. The van der Waals surface area contributed by atoms with E-state index in [0.717, 1.165) is 29.7 Å².